The van der Waals surface area contributed by atoms with Gasteiger partial charge in [0.1, 0.15) is 0 Å². The van der Waals surface area contributed by atoms with E-state index in [0.717, 1.165) is 5.92 Å². The van der Waals surface area contributed by atoms with E-state index in [0.29, 0.717) is 0 Å². The van der Waals surface area contributed by atoms with Crippen molar-refractivity contribution in [1.82, 2.24) is 20.2 Å². The number of piperazine rings is 1. The molecule has 0 amide bonds. The molecule has 0 aromatic rings. The highest BCUT2D eigenvalue weighted by Crippen LogP contribution is 2.18. The average Bonchev–Trinajstić information content (AvgIpc) is 2.79. The Morgan fingerprint density at radius 3 is 2.53 bits per heavy atom. The van der Waals surface area contributed by atoms with E-state index in [1.807, 2.05) is 0 Å². The van der Waals surface area contributed by atoms with Gasteiger partial charge in [-0.05, 0) is 38.9 Å². The summed E-state index contributed by atoms with van der Waals surface area (Å²) in [6.07, 6.45) is 2.61. The minimum Gasteiger partial charge on any atom is -0.316 e. The Balaban J connectivity index is 1.66. The standard InChI is InChI=1S/C13H28N4/c1-3-5-14-11-13-4-6-17(12-13)16-9-7-15(2)8-10-16/h13-14H,3-12H2,1-2H3. The molecule has 2 saturated heterocycles. The van der Waals surface area contributed by atoms with E-state index in [9.17, 15) is 0 Å². The monoisotopic (exact) mass is 240 g/mol. The van der Waals surface area contributed by atoms with Gasteiger partial charge in [-0.1, -0.05) is 6.92 Å². The van der Waals surface area contributed by atoms with Gasteiger partial charge >= 0.3 is 0 Å². The van der Waals surface area contributed by atoms with E-state index >= 15 is 0 Å². The van der Waals surface area contributed by atoms with Crippen LogP contribution in [-0.2, 0) is 0 Å². The Bertz CT molecular complexity index is 213. The smallest absolute Gasteiger partial charge is 0.0261 e. The minimum atomic E-state index is 0.862. The first-order valence-electron chi connectivity index (χ1n) is 7.18. The summed E-state index contributed by atoms with van der Waals surface area (Å²) in [4.78, 5) is 2.42. The van der Waals surface area contributed by atoms with Crippen molar-refractivity contribution in [2.24, 2.45) is 5.92 Å². The van der Waals surface area contributed by atoms with Crippen LogP contribution in [0.15, 0.2) is 0 Å². The van der Waals surface area contributed by atoms with Crippen LogP contribution in [0.1, 0.15) is 19.8 Å². The van der Waals surface area contributed by atoms with Gasteiger partial charge in [-0.3, -0.25) is 0 Å². The molecule has 0 aromatic heterocycles. The van der Waals surface area contributed by atoms with Crippen molar-refractivity contribution < 1.29 is 0 Å². The number of rotatable bonds is 5. The van der Waals surface area contributed by atoms with Crippen molar-refractivity contribution in [1.29, 1.82) is 0 Å². The predicted octanol–water partition coefficient (Wildman–Crippen LogP) is 0.470. The number of likely N-dealkylation sites (N-methyl/N-ethyl adjacent to an activating group) is 1. The molecule has 0 saturated carbocycles. The second-order valence-electron chi connectivity index (χ2n) is 5.53. The van der Waals surface area contributed by atoms with Crippen LogP contribution in [0.2, 0.25) is 0 Å². The highest BCUT2D eigenvalue weighted by atomic mass is 15.6. The van der Waals surface area contributed by atoms with Crippen LogP contribution in [-0.4, -0.2) is 74.3 Å². The van der Waals surface area contributed by atoms with Crippen LogP contribution in [0.3, 0.4) is 0 Å². The van der Waals surface area contributed by atoms with E-state index in [-0.39, 0.29) is 0 Å². The third-order valence-electron chi connectivity index (χ3n) is 4.00. The Morgan fingerprint density at radius 2 is 1.82 bits per heavy atom. The third-order valence-corrected chi connectivity index (χ3v) is 4.00. The molecular weight excluding hydrogens is 212 g/mol. The lowest BCUT2D eigenvalue weighted by atomic mass is 10.1. The molecular formula is C13H28N4. The summed E-state index contributed by atoms with van der Waals surface area (Å²) in [5, 5.41) is 8.71. The first-order chi connectivity index (χ1) is 8.29. The van der Waals surface area contributed by atoms with Gasteiger partial charge in [0, 0.05) is 39.3 Å². The summed E-state index contributed by atoms with van der Waals surface area (Å²) < 4.78 is 0. The topological polar surface area (TPSA) is 21.8 Å². The number of nitrogens with zero attached hydrogens (tertiary/aromatic N) is 3. The van der Waals surface area contributed by atoms with Crippen LogP contribution in [0.25, 0.3) is 0 Å². The Labute approximate surface area is 106 Å². The van der Waals surface area contributed by atoms with Crippen LogP contribution < -0.4 is 5.32 Å². The SMILES string of the molecule is CCCNCC1CCN(N2CCN(C)CC2)C1. The van der Waals surface area contributed by atoms with E-state index in [2.05, 4.69) is 34.2 Å². The van der Waals surface area contributed by atoms with Crippen molar-refractivity contribution in [2.45, 2.75) is 19.8 Å². The maximum Gasteiger partial charge on any atom is 0.0261 e. The van der Waals surface area contributed by atoms with Crippen molar-refractivity contribution in [2.75, 3.05) is 59.4 Å². The molecule has 2 aliphatic rings. The zero-order chi connectivity index (χ0) is 12.1. The molecule has 1 unspecified atom stereocenters. The highest BCUT2D eigenvalue weighted by Gasteiger charge is 2.27. The first-order valence-corrected chi connectivity index (χ1v) is 7.18. The molecule has 4 heteroatoms. The van der Waals surface area contributed by atoms with E-state index in [4.69, 9.17) is 0 Å². The van der Waals surface area contributed by atoms with Gasteiger partial charge in [-0.25, -0.2) is 10.0 Å². The van der Waals surface area contributed by atoms with Gasteiger partial charge in [0.25, 0.3) is 0 Å². The van der Waals surface area contributed by atoms with Crippen molar-refractivity contribution in [3.05, 3.63) is 0 Å². The summed E-state index contributed by atoms with van der Waals surface area (Å²) >= 11 is 0. The Hall–Kier alpha value is -0.160. The third kappa shape index (κ3) is 3.91. The molecule has 100 valence electrons. The molecule has 0 spiro atoms. The molecule has 2 heterocycles. The second kappa shape index (κ2) is 6.69. The summed E-state index contributed by atoms with van der Waals surface area (Å²) in [6, 6.07) is 0. The summed E-state index contributed by atoms with van der Waals surface area (Å²) in [6.45, 7) is 12.0. The molecule has 4 nitrogen and oxygen atoms in total. The molecule has 0 bridgehead atoms. The minimum absolute atomic E-state index is 0.862. The molecule has 2 fully saturated rings. The van der Waals surface area contributed by atoms with Crippen molar-refractivity contribution in [3.8, 4) is 0 Å². The van der Waals surface area contributed by atoms with Crippen LogP contribution >= 0.6 is 0 Å². The molecule has 1 atom stereocenters. The normalized spacial score (nSPS) is 28.9. The van der Waals surface area contributed by atoms with E-state index < -0.39 is 0 Å². The second-order valence-corrected chi connectivity index (χ2v) is 5.53. The Kier molecular flexibility index (Phi) is 5.22. The number of hydrazine groups is 1. The fraction of sp³-hybridized carbons (Fsp3) is 1.00. The summed E-state index contributed by atoms with van der Waals surface area (Å²) in [5.74, 6) is 0.862. The lowest BCUT2D eigenvalue weighted by Gasteiger charge is -2.38. The number of hydrogen-bond acceptors (Lipinski definition) is 4. The molecule has 2 aliphatic heterocycles. The zero-order valence-electron chi connectivity index (χ0n) is 11.5. The average molecular weight is 240 g/mol. The quantitative estimate of drug-likeness (QED) is 0.705. The lowest BCUT2D eigenvalue weighted by Crippen LogP contribution is -2.52. The molecule has 0 aromatic carbocycles. The van der Waals surface area contributed by atoms with Crippen LogP contribution in [0, 0.1) is 5.92 Å². The van der Waals surface area contributed by atoms with Gasteiger partial charge in [-0.15, -0.1) is 0 Å². The highest BCUT2D eigenvalue weighted by molar-refractivity contribution is 4.78. The van der Waals surface area contributed by atoms with E-state index in [1.165, 1.54) is 65.2 Å². The summed E-state index contributed by atoms with van der Waals surface area (Å²) in [5.41, 5.74) is 0. The zero-order valence-corrected chi connectivity index (χ0v) is 11.5. The molecule has 0 aliphatic carbocycles. The van der Waals surface area contributed by atoms with Gasteiger partial charge in [0.05, 0.1) is 0 Å². The fourth-order valence-electron chi connectivity index (χ4n) is 2.80. The number of hydrogen-bond donors (Lipinski definition) is 1. The van der Waals surface area contributed by atoms with Gasteiger partial charge in [0.15, 0.2) is 0 Å². The summed E-state index contributed by atoms with van der Waals surface area (Å²) in [7, 11) is 2.22. The molecule has 0 radical (unpaired) electrons. The van der Waals surface area contributed by atoms with E-state index in [1.54, 1.807) is 0 Å². The van der Waals surface area contributed by atoms with Gasteiger partial charge < -0.3 is 10.2 Å². The first kappa shape index (κ1) is 13.3. The van der Waals surface area contributed by atoms with Crippen molar-refractivity contribution in [3.63, 3.8) is 0 Å². The van der Waals surface area contributed by atoms with Gasteiger partial charge in [0.2, 0.25) is 0 Å². The maximum absolute atomic E-state index is 3.55. The predicted molar refractivity (Wildman–Crippen MR) is 71.9 cm³/mol. The number of nitrogens with one attached hydrogen (secondary N) is 1. The molecule has 17 heavy (non-hydrogen) atoms. The molecule has 1 N–H and O–H groups in total. The Morgan fingerprint density at radius 1 is 1.06 bits per heavy atom. The maximum atomic E-state index is 3.55. The van der Waals surface area contributed by atoms with Gasteiger partial charge in [-0.2, -0.15) is 0 Å². The van der Waals surface area contributed by atoms with Crippen molar-refractivity contribution >= 4 is 0 Å². The molecule has 2 rings (SSSR count). The lowest BCUT2D eigenvalue weighted by molar-refractivity contribution is -0.0381. The van der Waals surface area contributed by atoms with Crippen LogP contribution in [0.4, 0.5) is 0 Å². The fourth-order valence-corrected chi connectivity index (χ4v) is 2.80. The largest absolute Gasteiger partial charge is 0.316 e. The van der Waals surface area contributed by atoms with Crippen LogP contribution in [0.5, 0.6) is 0 Å².